The summed E-state index contributed by atoms with van der Waals surface area (Å²) in [5.41, 5.74) is 2.03. The highest BCUT2D eigenvalue weighted by atomic mass is 35.5. The van der Waals surface area contributed by atoms with Crippen LogP contribution in [0.25, 0.3) is 11.1 Å². The molecule has 0 fully saturated rings. The van der Waals surface area contributed by atoms with Crippen LogP contribution >= 0.6 is 23.2 Å². The molecule has 38 heavy (non-hydrogen) atoms. The van der Waals surface area contributed by atoms with Crippen LogP contribution in [-0.4, -0.2) is 51.5 Å². The largest absolute Gasteiger partial charge is 0.481 e. The molecule has 0 amide bonds. The maximum absolute atomic E-state index is 13.1. The van der Waals surface area contributed by atoms with Crippen LogP contribution in [0.3, 0.4) is 0 Å². The molecule has 10 nitrogen and oxygen atoms in total. The summed E-state index contributed by atoms with van der Waals surface area (Å²) in [5, 5.41) is 22.0. The first-order chi connectivity index (χ1) is 18.1. The third-order valence-electron chi connectivity index (χ3n) is 5.50. The molecule has 1 aromatic heterocycles. The van der Waals surface area contributed by atoms with Crippen molar-refractivity contribution < 1.29 is 23.1 Å². The molecule has 0 radical (unpaired) electrons. The smallest absolute Gasteiger partial charge is 0.305 e. The highest BCUT2D eigenvalue weighted by Crippen LogP contribution is 2.26. The van der Waals surface area contributed by atoms with Gasteiger partial charge in [0.2, 0.25) is 10.0 Å². The number of hydrogen-bond donors (Lipinski definition) is 2. The zero-order valence-corrected chi connectivity index (χ0v) is 22.0. The molecular formula is C25H21Cl2N5O5S. The van der Waals surface area contributed by atoms with Crippen LogP contribution in [0.5, 0.6) is 0 Å². The number of ketones is 1. The topological polar surface area (TPSA) is 144 Å². The second-order valence-corrected chi connectivity index (χ2v) is 10.8. The second-order valence-electron chi connectivity index (χ2n) is 8.24. The van der Waals surface area contributed by atoms with Crippen LogP contribution in [-0.2, 0) is 32.6 Å². The third kappa shape index (κ3) is 6.81. The number of Topliss-reactive ketones (excluding diaryl/α,β-unsaturated/α-hetero) is 1. The maximum Gasteiger partial charge on any atom is 0.305 e. The third-order valence-corrected chi connectivity index (χ3v) is 7.68. The average molecular weight is 574 g/mol. The van der Waals surface area contributed by atoms with Crippen molar-refractivity contribution in [1.29, 1.82) is 0 Å². The number of carboxylic acids is 1. The lowest BCUT2D eigenvalue weighted by Crippen LogP contribution is -2.43. The molecular weight excluding hydrogens is 553 g/mol. The molecule has 2 N–H and O–H groups in total. The Morgan fingerprint density at radius 1 is 0.947 bits per heavy atom. The monoisotopic (exact) mass is 573 g/mol. The molecule has 0 saturated heterocycles. The number of aromatic nitrogens is 4. The maximum atomic E-state index is 13.1. The first-order valence-corrected chi connectivity index (χ1v) is 13.5. The number of benzene rings is 3. The number of sulfonamides is 1. The van der Waals surface area contributed by atoms with Crippen molar-refractivity contribution in [2.24, 2.45) is 0 Å². The van der Waals surface area contributed by atoms with Crippen molar-refractivity contribution in [2.45, 2.75) is 30.3 Å². The van der Waals surface area contributed by atoms with E-state index in [2.05, 4.69) is 20.1 Å². The Morgan fingerprint density at radius 2 is 1.61 bits per heavy atom. The van der Waals surface area contributed by atoms with E-state index < -0.39 is 40.8 Å². The Hall–Kier alpha value is -3.64. The van der Waals surface area contributed by atoms with Crippen LogP contribution in [0.4, 0.5) is 0 Å². The van der Waals surface area contributed by atoms with Crippen molar-refractivity contribution in [3.8, 4) is 11.1 Å². The van der Waals surface area contributed by atoms with E-state index in [0.717, 1.165) is 10.4 Å². The van der Waals surface area contributed by atoms with Gasteiger partial charge in [0, 0.05) is 16.5 Å². The highest BCUT2D eigenvalue weighted by Gasteiger charge is 2.29. The van der Waals surface area contributed by atoms with Crippen molar-refractivity contribution in [3.63, 3.8) is 0 Å². The number of nitrogens with one attached hydrogen (secondary N) is 1. The van der Waals surface area contributed by atoms with Gasteiger partial charge in [-0.05, 0) is 46.2 Å². The molecule has 13 heteroatoms. The van der Waals surface area contributed by atoms with Crippen LogP contribution in [0.1, 0.15) is 17.8 Å². The van der Waals surface area contributed by atoms with Gasteiger partial charge < -0.3 is 5.11 Å². The van der Waals surface area contributed by atoms with Crippen molar-refractivity contribution in [1.82, 2.24) is 24.9 Å². The first-order valence-electron chi connectivity index (χ1n) is 11.2. The van der Waals surface area contributed by atoms with E-state index in [-0.39, 0.29) is 17.1 Å². The van der Waals surface area contributed by atoms with Crippen LogP contribution in [0, 0.1) is 0 Å². The van der Waals surface area contributed by atoms with Gasteiger partial charge in [0.15, 0.2) is 11.6 Å². The van der Waals surface area contributed by atoms with Crippen molar-refractivity contribution in [2.75, 3.05) is 0 Å². The van der Waals surface area contributed by atoms with E-state index in [1.54, 1.807) is 30.3 Å². The number of carbonyl (C=O) groups is 2. The first kappa shape index (κ1) is 27.4. The zero-order chi connectivity index (χ0) is 27.3. The summed E-state index contributed by atoms with van der Waals surface area (Å²) in [6.45, 7) is -0.506. The van der Waals surface area contributed by atoms with Gasteiger partial charge in [-0.1, -0.05) is 71.7 Å². The number of aliphatic carboxylic acids is 1. The molecule has 196 valence electrons. The lowest BCUT2D eigenvalue weighted by Gasteiger charge is -2.16. The Bertz CT molecular complexity index is 1560. The lowest BCUT2D eigenvalue weighted by atomic mass is 10.1. The predicted molar refractivity (Wildman–Crippen MR) is 140 cm³/mol. The van der Waals surface area contributed by atoms with Gasteiger partial charge in [-0.2, -0.15) is 9.52 Å². The molecule has 0 saturated carbocycles. The number of carboxylic acid groups (broad SMARTS) is 1. The summed E-state index contributed by atoms with van der Waals surface area (Å²) in [4.78, 5) is 25.2. The molecule has 1 heterocycles. The van der Waals surface area contributed by atoms with E-state index >= 15 is 0 Å². The molecule has 0 spiro atoms. The minimum absolute atomic E-state index is 0.111. The number of rotatable bonds is 11. The van der Waals surface area contributed by atoms with E-state index in [1.165, 1.54) is 12.1 Å². The van der Waals surface area contributed by atoms with Crippen LogP contribution in [0.2, 0.25) is 10.0 Å². The predicted octanol–water partition coefficient (Wildman–Crippen LogP) is 3.63. The summed E-state index contributed by atoms with van der Waals surface area (Å²) in [6, 6.07) is 18.7. The number of hydrogen-bond acceptors (Lipinski definition) is 7. The van der Waals surface area contributed by atoms with Gasteiger partial charge in [0.25, 0.3) is 0 Å². The summed E-state index contributed by atoms with van der Waals surface area (Å²) in [7, 11) is -4.25. The van der Waals surface area contributed by atoms with Gasteiger partial charge >= 0.3 is 5.97 Å². The number of carbonyl (C=O) groups excluding carboxylic acids is 1. The molecule has 4 rings (SSSR count). The van der Waals surface area contributed by atoms with Gasteiger partial charge in [-0.3, -0.25) is 9.59 Å². The molecule has 0 aliphatic heterocycles. The Morgan fingerprint density at radius 3 is 2.29 bits per heavy atom. The quantitative estimate of drug-likeness (QED) is 0.276. The van der Waals surface area contributed by atoms with E-state index in [4.69, 9.17) is 23.2 Å². The summed E-state index contributed by atoms with van der Waals surface area (Å²) in [6.07, 6.45) is -0.622. The summed E-state index contributed by atoms with van der Waals surface area (Å²) >= 11 is 12.4. The molecule has 0 aliphatic carbocycles. The van der Waals surface area contributed by atoms with E-state index in [9.17, 15) is 23.1 Å². The minimum atomic E-state index is -4.25. The number of halogens is 2. The molecule has 0 bridgehead atoms. The SMILES string of the molecule is O=C(O)CC(NS(=O)(=O)c1cccc(-c2ccccc2)c1)C(=O)Cn1nnc(Cc2c(Cl)cccc2Cl)n1. The van der Waals surface area contributed by atoms with Crippen molar-refractivity contribution >= 4 is 45.0 Å². The molecule has 3 aromatic carbocycles. The standard InChI is InChI=1S/C25H21Cl2N5O5S/c26-20-10-5-11-21(27)19(20)13-24-28-31-32(29-24)15-23(33)22(14-25(34)35)30-38(36,37)18-9-4-8-17(12-18)16-6-2-1-3-7-16/h1-12,22,30H,13-15H2,(H,34,35). The average Bonchev–Trinajstić information content (AvgIpc) is 3.33. The second kappa shape index (κ2) is 11.8. The fourth-order valence-electron chi connectivity index (χ4n) is 3.65. The Balaban J connectivity index is 1.50. The Labute approximate surface area is 228 Å². The summed E-state index contributed by atoms with van der Waals surface area (Å²) < 4.78 is 28.4. The van der Waals surface area contributed by atoms with E-state index in [1.807, 2.05) is 30.3 Å². The molecule has 1 unspecified atom stereocenters. The van der Waals surface area contributed by atoms with Gasteiger partial charge in [-0.15, -0.1) is 10.2 Å². The highest BCUT2D eigenvalue weighted by molar-refractivity contribution is 7.89. The van der Waals surface area contributed by atoms with Crippen LogP contribution < -0.4 is 4.72 Å². The van der Waals surface area contributed by atoms with Gasteiger partial charge in [0.05, 0.1) is 17.4 Å². The fraction of sp³-hybridized carbons (Fsp3) is 0.160. The summed E-state index contributed by atoms with van der Waals surface area (Å²) in [5.74, 6) is -1.89. The lowest BCUT2D eigenvalue weighted by molar-refractivity contribution is -0.139. The normalized spacial score (nSPS) is 12.3. The van der Waals surface area contributed by atoms with Crippen LogP contribution in [0.15, 0.2) is 77.7 Å². The van der Waals surface area contributed by atoms with Gasteiger partial charge in [0.1, 0.15) is 6.54 Å². The number of tetrazole rings is 1. The fourth-order valence-corrected chi connectivity index (χ4v) is 5.44. The van der Waals surface area contributed by atoms with Gasteiger partial charge in [-0.25, -0.2) is 8.42 Å². The zero-order valence-electron chi connectivity index (χ0n) is 19.7. The molecule has 1 atom stereocenters. The minimum Gasteiger partial charge on any atom is -0.481 e. The molecule has 0 aliphatic rings. The van der Waals surface area contributed by atoms with Crippen molar-refractivity contribution in [3.05, 3.63) is 94.2 Å². The Kier molecular flexibility index (Phi) is 8.52. The van der Waals surface area contributed by atoms with E-state index in [0.29, 0.717) is 21.2 Å². The molecule has 4 aromatic rings. The number of nitrogens with zero attached hydrogens (tertiary/aromatic N) is 4.